The minimum Gasteiger partial charge on any atom is -0.396 e. The lowest BCUT2D eigenvalue weighted by Crippen LogP contribution is -2.12. The molecule has 0 atom stereocenters. The number of allylic oxidation sites excluding steroid dienone is 1. The van der Waals surface area contributed by atoms with Crippen molar-refractivity contribution in [2.24, 2.45) is 10.7 Å². The highest BCUT2D eigenvalue weighted by molar-refractivity contribution is 6.10. The number of aromatic nitrogens is 3. The van der Waals surface area contributed by atoms with Crippen LogP contribution in [0.4, 0.5) is 21.7 Å². The number of rotatable bonds is 6. The van der Waals surface area contributed by atoms with Crippen molar-refractivity contribution >= 4 is 28.7 Å². The van der Waals surface area contributed by atoms with Crippen LogP contribution >= 0.6 is 0 Å². The number of nitrogens with zero attached hydrogens (tertiary/aromatic N) is 5. The van der Waals surface area contributed by atoms with E-state index in [0.29, 0.717) is 11.3 Å². The quantitative estimate of drug-likeness (QED) is 0.315. The molecule has 2 aromatic heterocycles. The van der Waals surface area contributed by atoms with Crippen molar-refractivity contribution in [1.29, 1.82) is 0 Å². The maximum absolute atomic E-state index is 13.9. The summed E-state index contributed by atoms with van der Waals surface area (Å²) < 4.78 is 18.7. The van der Waals surface area contributed by atoms with E-state index < -0.39 is 28.1 Å². The summed E-state index contributed by atoms with van der Waals surface area (Å²) in [6.45, 7) is 0.00401. The first-order valence-electron chi connectivity index (χ1n) is 8.10. The molecule has 12 heteroatoms. The summed E-state index contributed by atoms with van der Waals surface area (Å²) in [5, 5.41) is 14.7. The van der Waals surface area contributed by atoms with Crippen LogP contribution in [0.15, 0.2) is 52.2 Å². The van der Waals surface area contributed by atoms with Gasteiger partial charge in [0.25, 0.3) is 0 Å². The van der Waals surface area contributed by atoms with Crippen molar-refractivity contribution in [2.45, 2.75) is 6.54 Å². The third-order valence-electron chi connectivity index (χ3n) is 3.75. The molecule has 148 valence electrons. The highest BCUT2D eigenvalue weighted by Crippen LogP contribution is 2.26. The molecule has 0 spiro atoms. The highest BCUT2D eigenvalue weighted by atomic mass is 19.1. The van der Waals surface area contributed by atoms with Gasteiger partial charge in [-0.3, -0.25) is 15.1 Å². The van der Waals surface area contributed by atoms with Crippen molar-refractivity contribution in [2.75, 3.05) is 11.5 Å². The van der Waals surface area contributed by atoms with Gasteiger partial charge in [0.1, 0.15) is 17.8 Å². The number of benzene rings is 1. The van der Waals surface area contributed by atoms with Crippen LogP contribution in [0, 0.1) is 15.9 Å². The normalized spacial score (nSPS) is 12.2. The van der Waals surface area contributed by atoms with Crippen LogP contribution in [0.5, 0.6) is 0 Å². The zero-order valence-corrected chi connectivity index (χ0v) is 14.8. The van der Waals surface area contributed by atoms with Crippen molar-refractivity contribution < 1.29 is 13.8 Å². The van der Waals surface area contributed by atoms with Crippen molar-refractivity contribution in [3.05, 3.63) is 75.7 Å². The number of hydrogen-bond acceptors (Lipinski definition) is 10. The van der Waals surface area contributed by atoms with Gasteiger partial charge in [0.2, 0.25) is 11.6 Å². The van der Waals surface area contributed by atoms with Gasteiger partial charge in [0.05, 0.1) is 22.9 Å². The Morgan fingerprint density at radius 3 is 2.52 bits per heavy atom. The smallest absolute Gasteiger partial charge is 0.352 e. The third kappa shape index (κ3) is 4.32. The number of anilines is 2. The average Bonchev–Trinajstić information content (AvgIpc) is 3.19. The first-order valence-corrected chi connectivity index (χ1v) is 8.10. The Bertz CT molecular complexity index is 1090. The van der Waals surface area contributed by atoms with Crippen LogP contribution in [0.3, 0.4) is 0 Å². The standard InChI is InChI=1S/C17H15FN8O3/c18-10-4-2-1-3-9(10)8-22-13(12-5-6-29-25-12)7-11(19)17-23-15(20)14(26(27)28)16(21)24-17/h1-7H,8,19H2,(H4,20,21,23,24). The van der Waals surface area contributed by atoms with Gasteiger partial charge in [-0.15, -0.1) is 0 Å². The second kappa shape index (κ2) is 8.12. The van der Waals surface area contributed by atoms with Gasteiger partial charge in [0, 0.05) is 11.6 Å². The Kier molecular flexibility index (Phi) is 5.44. The van der Waals surface area contributed by atoms with Crippen LogP contribution in [0.25, 0.3) is 5.70 Å². The van der Waals surface area contributed by atoms with Crippen molar-refractivity contribution in [3.8, 4) is 0 Å². The average molecular weight is 398 g/mol. The van der Waals surface area contributed by atoms with E-state index in [-0.39, 0.29) is 23.8 Å². The molecule has 0 fully saturated rings. The molecule has 2 heterocycles. The van der Waals surface area contributed by atoms with E-state index in [1.54, 1.807) is 18.2 Å². The molecule has 0 bridgehead atoms. The number of nitrogen functional groups attached to an aromatic ring is 2. The van der Waals surface area contributed by atoms with Gasteiger partial charge >= 0.3 is 5.69 Å². The van der Waals surface area contributed by atoms with Gasteiger partial charge < -0.3 is 21.7 Å². The van der Waals surface area contributed by atoms with Gasteiger partial charge in [0.15, 0.2) is 5.82 Å². The van der Waals surface area contributed by atoms with E-state index in [2.05, 4.69) is 20.1 Å². The molecule has 0 aliphatic carbocycles. The zero-order chi connectivity index (χ0) is 21.0. The van der Waals surface area contributed by atoms with Crippen molar-refractivity contribution in [1.82, 2.24) is 15.1 Å². The molecule has 0 saturated heterocycles. The summed E-state index contributed by atoms with van der Waals surface area (Å²) >= 11 is 0. The molecule has 6 N–H and O–H groups in total. The maximum atomic E-state index is 13.9. The molecule has 29 heavy (non-hydrogen) atoms. The monoisotopic (exact) mass is 398 g/mol. The van der Waals surface area contributed by atoms with Gasteiger partial charge in [-0.1, -0.05) is 23.4 Å². The summed E-state index contributed by atoms with van der Waals surface area (Å²) in [7, 11) is 0. The molecule has 0 saturated carbocycles. The molecule has 0 aliphatic heterocycles. The van der Waals surface area contributed by atoms with Crippen molar-refractivity contribution in [3.63, 3.8) is 0 Å². The molecule has 0 radical (unpaired) electrons. The zero-order valence-electron chi connectivity index (χ0n) is 14.8. The minimum atomic E-state index is -0.787. The minimum absolute atomic E-state index is 0.00401. The Morgan fingerprint density at radius 1 is 1.24 bits per heavy atom. The molecule has 3 rings (SSSR count). The van der Waals surface area contributed by atoms with Gasteiger partial charge in [-0.25, -0.2) is 14.4 Å². The molecule has 0 amide bonds. The number of halogens is 1. The summed E-state index contributed by atoms with van der Waals surface area (Å²) in [6, 6.07) is 7.70. The second-order valence-electron chi connectivity index (χ2n) is 5.70. The molecule has 1 aromatic carbocycles. The number of aliphatic imine (C=N–C) groups is 1. The first kappa shape index (κ1) is 19.4. The van der Waals surface area contributed by atoms with E-state index >= 15 is 0 Å². The predicted molar refractivity (Wildman–Crippen MR) is 103 cm³/mol. The van der Waals surface area contributed by atoms with E-state index in [1.165, 1.54) is 24.5 Å². The Morgan fingerprint density at radius 2 is 1.93 bits per heavy atom. The SMILES string of the molecule is NC(=CC(=NCc1ccccc1F)c1ccon1)c1nc(N)c([N+](=O)[O-])c(N)n1. The van der Waals surface area contributed by atoms with Crippen LogP contribution in [0.1, 0.15) is 17.1 Å². The molecule has 0 unspecified atom stereocenters. The molecule has 3 aromatic rings. The summed E-state index contributed by atoms with van der Waals surface area (Å²) in [5.74, 6) is -1.40. The predicted octanol–water partition coefficient (Wildman–Crippen LogP) is 1.67. The van der Waals surface area contributed by atoms with Crippen LogP contribution in [-0.2, 0) is 6.54 Å². The summed E-state index contributed by atoms with van der Waals surface area (Å²) in [6.07, 6.45) is 2.69. The highest BCUT2D eigenvalue weighted by Gasteiger charge is 2.21. The lowest BCUT2D eigenvalue weighted by atomic mass is 10.2. The van der Waals surface area contributed by atoms with Crippen LogP contribution in [0.2, 0.25) is 0 Å². The summed E-state index contributed by atoms with van der Waals surface area (Å²) in [5.41, 5.74) is 17.5. The van der Waals surface area contributed by atoms with Crippen LogP contribution in [-0.4, -0.2) is 25.8 Å². The first-order chi connectivity index (χ1) is 13.9. The van der Waals surface area contributed by atoms with E-state index in [9.17, 15) is 14.5 Å². The Hall–Kier alpha value is -4.35. The fraction of sp³-hybridized carbons (Fsp3) is 0.0588. The molecule has 11 nitrogen and oxygen atoms in total. The fourth-order valence-corrected chi connectivity index (χ4v) is 2.36. The molecule has 0 aliphatic rings. The second-order valence-corrected chi connectivity index (χ2v) is 5.70. The van der Waals surface area contributed by atoms with E-state index in [4.69, 9.17) is 21.7 Å². The number of nitro groups is 1. The Labute approximate surface area is 162 Å². The van der Waals surface area contributed by atoms with Crippen LogP contribution < -0.4 is 17.2 Å². The lowest BCUT2D eigenvalue weighted by molar-refractivity contribution is -0.383. The fourth-order valence-electron chi connectivity index (χ4n) is 2.36. The van der Waals surface area contributed by atoms with Gasteiger partial charge in [-0.2, -0.15) is 0 Å². The van der Waals surface area contributed by atoms with E-state index in [0.717, 1.165) is 0 Å². The third-order valence-corrected chi connectivity index (χ3v) is 3.75. The molecular formula is C17H15FN8O3. The largest absolute Gasteiger partial charge is 0.396 e. The molecular weight excluding hydrogens is 383 g/mol. The maximum Gasteiger partial charge on any atom is 0.352 e. The number of hydrogen-bond donors (Lipinski definition) is 3. The summed E-state index contributed by atoms with van der Waals surface area (Å²) in [4.78, 5) is 22.1. The van der Waals surface area contributed by atoms with Gasteiger partial charge in [-0.05, 0) is 12.1 Å². The van der Waals surface area contributed by atoms with E-state index in [1.807, 2.05) is 0 Å². The number of nitrogens with two attached hydrogens (primary N) is 3. The Balaban J connectivity index is 1.99. The lowest BCUT2D eigenvalue weighted by Gasteiger charge is -2.06. The topological polar surface area (TPSA) is 185 Å².